The Hall–Kier alpha value is -2.10. The van der Waals surface area contributed by atoms with Gasteiger partial charge in [-0.25, -0.2) is 0 Å². The van der Waals surface area contributed by atoms with Crippen LogP contribution in [0.3, 0.4) is 0 Å². The van der Waals surface area contributed by atoms with Crippen molar-refractivity contribution in [2.45, 2.75) is 20.8 Å². The lowest BCUT2D eigenvalue weighted by Gasteiger charge is -1.98. The fourth-order valence-corrected chi connectivity index (χ4v) is 1.99. The molecule has 0 spiro atoms. The lowest BCUT2D eigenvalue weighted by Crippen LogP contribution is -1.96. The van der Waals surface area contributed by atoms with Crippen molar-refractivity contribution in [2.75, 3.05) is 0 Å². The summed E-state index contributed by atoms with van der Waals surface area (Å²) in [5.41, 5.74) is 4.08. The molecule has 96 valence electrons. The summed E-state index contributed by atoms with van der Waals surface area (Å²) in [6.07, 6.45) is 0. The molecule has 0 saturated heterocycles. The van der Waals surface area contributed by atoms with E-state index < -0.39 is 5.97 Å². The molecule has 2 rings (SSSR count). The summed E-state index contributed by atoms with van der Waals surface area (Å²) in [6.45, 7) is 4.99. The molecule has 0 amide bonds. The van der Waals surface area contributed by atoms with Crippen LogP contribution in [0.4, 0.5) is 0 Å². The number of carbonyl (C=O) groups is 1. The van der Waals surface area contributed by atoms with Crippen molar-refractivity contribution in [3.63, 3.8) is 0 Å². The van der Waals surface area contributed by atoms with Crippen molar-refractivity contribution in [3.8, 4) is 0 Å². The molecule has 18 heavy (non-hydrogen) atoms. The molecule has 0 fully saturated rings. The molecule has 4 nitrogen and oxygen atoms in total. The zero-order chi connectivity index (χ0) is 13.9. The first-order valence-corrected chi connectivity index (χ1v) is 5.65. The maximum Gasteiger partial charge on any atom is 0.300 e. The van der Waals surface area contributed by atoms with Crippen LogP contribution in [-0.2, 0) is 11.8 Å². The number of fused-ring (bicyclic) bond motifs is 1. The third kappa shape index (κ3) is 2.77. The molecule has 0 atom stereocenters. The Kier molecular flexibility index (Phi) is 4.26. The first kappa shape index (κ1) is 14.0. The van der Waals surface area contributed by atoms with Crippen LogP contribution in [0.15, 0.2) is 24.3 Å². The highest BCUT2D eigenvalue weighted by molar-refractivity contribution is 6.09. The predicted molar refractivity (Wildman–Crippen MR) is 73.5 cm³/mol. The predicted octanol–water partition coefficient (Wildman–Crippen LogP) is 2.97. The Bertz CT molecular complexity index is 593. The van der Waals surface area contributed by atoms with Crippen molar-refractivity contribution in [3.05, 3.63) is 35.5 Å². The Balaban J connectivity index is 0.000000357. The molecule has 1 aromatic carbocycles. The van der Waals surface area contributed by atoms with E-state index in [1.165, 1.54) is 16.6 Å². The number of benzene rings is 1. The highest BCUT2D eigenvalue weighted by Gasteiger charge is 2.11. The molecule has 2 N–H and O–H groups in total. The van der Waals surface area contributed by atoms with Crippen molar-refractivity contribution in [1.82, 2.24) is 4.57 Å². The van der Waals surface area contributed by atoms with E-state index >= 15 is 0 Å². The van der Waals surface area contributed by atoms with Crippen LogP contribution < -0.4 is 0 Å². The first-order chi connectivity index (χ1) is 8.36. The van der Waals surface area contributed by atoms with Gasteiger partial charge in [-0.3, -0.25) is 4.79 Å². The van der Waals surface area contributed by atoms with Gasteiger partial charge in [0.15, 0.2) is 0 Å². The van der Waals surface area contributed by atoms with Gasteiger partial charge in [-0.05, 0) is 19.9 Å². The van der Waals surface area contributed by atoms with Crippen LogP contribution in [-0.4, -0.2) is 21.4 Å². The van der Waals surface area contributed by atoms with Crippen molar-refractivity contribution >= 4 is 22.6 Å². The maximum atomic E-state index is 9.00. The number of hydrogen-bond donors (Lipinski definition) is 2. The lowest BCUT2D eigenvalue weighted by atomic mass is 10.1. The number of aliphatic carboxylic acids is 1. The van der Waals surface area contributed by atoms with Crippen molar-refractivity contribution in [2.24, 2.45) is 7.05 Å². The van der Waals surface area contributed by atoms with Crippen LogP contribution in [0.25, 0.3) is 10.9 Å². The number of nitrogens with one attached hydrogen (secondary N) is 1. The van der Waals surface area contributed by atoms with Crippen LogP contribution >= 0.6 is 0 Å². The molecule has 1 heterocycles. The summed E-state index contributed by atoms with van der Waals surface area (Å²) in [5, 5.41) is 16.4. The molecular weight excluding hydrogens is 228 g/mol. The van der Waals surface area contributed by atoms with Gasteiger partial charge in [0.1, 0.15) is 0 Å². The highest BCUT2D eigenvalue weighted by Crippen LogP contribution is 2.24. The molecule has 0 aliphatic rings. The molecular formula is C14H18N2O2. The summed E-state index contributed by atoms with van der Waals surface area (Å²) in [6, 6.07) is 8.23. The third-order valence-corrected chi connectivity index (χ3v) is 2.77. The molecule has 0 unspecified atom stereocenters. The van der Waals surface area contributed by atoms with Gasteiger partial charge in [0.05, 0.1) is 0 Å². The lowest BCUT2D eigenvalue weighted by molar-refractivity contribution is -0.134. The van der Waals surface area contributed by atoms with Gasteiger partial charge >= 0.3 is 0 Å². The Morgan fingerprint density at radius 3 is 2.28 bits per heavy atom. The zero-order valence-corrected chi connectivity index (χ0v) is 11.1. The monoisotopic (exact) mass is 246 g/mol. The van der Waals surface area contributed by atoms with Gasteiger partial charge in [0.25, 0.3) is 5.97 Å². The standard InChI is InChI=1S/C12H14N2.C2H4O2/c1-8(13)12-9(2)14(3)11-7-5-4-6-10(11)12;1-2(3)4/h4-7,13H,1-3H3;1H3,(H,3,4). The average molecular weight is 246 g/mol. The van der Waals surface area contributed by atoms with Gasteiger partial charge in [-0.1, -0.05) is 18.2 Å². The van der Waals surface area contributed by atoms with E-state index in [0.717, 1.165) is 12.5 Å². The minimum atomic E-state index is -0.833. The summed E-state index contributed by atoms with van der Waals surface area (Å²) < 4.78 is 2.14. The number of nitrogens with zero attached hydrogens (tertiary/aromatic N) is 1. The number of para-hydroxylation sites is 1. The summed E-state index contributed by atoms with van der Waals surface area (Å²) in [4.78, 5) is 9.00. The van der Waals surface area contributed by atoms with Gasteiger partial charge in [-0.15, -0.1) is 0 Å². The van der Waals surface area contributed by atoms with Gasteiger partial charge in [0, 0.05) is 41.8 Å². The van der Waals surface area contributed by atoms with E-state index in [4.69, 9.17) is 15.3 Å². The minimum Gasteiger partial charge on any atom is -0.481 e. The topological polar surface area (TPSA) is 66.1 Å². The summed E-state index contributed by atoms with van der Waals surface area (Å²) in [5.74, 6) is -0.833. The number of carboxylic acid groups (broad SMARTS) is 1. The van der Waals surface area contributed by atoms with Crippen LogP contribution in [0.5, 0.6) is 0 Å². The third-order valence-electron chi connectivity index (χ3n) is 2.77. The van der Waals surface area contributed by atoms with Crippen LogP contribution in [0.1, 0.15) is 25.1 Å². The fourth-order valence-electron chi connectivity index (χ4n) is 1.99. The van der Waals surface area contributed by atoms with Crippen molar-refractivity contribution < 1.29 is 9.90 Å². The molecule has 4 heteroatoms. The largest absolute Gasteiger partial charge is 0.481 e. The second-order valence-electron chi connectivity index (χ2n) is 4.18. The number of hydrogen-bond acceptors (Lipinski definition) is 2. The molecule has 0 bridgehead atoms. The quantitative estimate of drug-likeness (QED) is 0.760. The first-order valence-electron chi connectivity index (χ1n) is 5.65. The molecule has 1 aromatic heterocycles. The van der Waals surface area contributed by atoms with E-state index in [-0.39, 0.29) is 0 Å². The number of aryl methyl sites for hydroxylation is 1. The Labute approximate surface area is 106 Å². The zero-order valence-electron chi connectivity index (χ0n) is 11.1. The van der Waals surface area contributed by atoms with Crippen LogP contribution in [0.2, 0.25) is 0 Å². The number of aromatic nitrogens is 1. The van der Waals surface area contributed by atoms with Crippen LogP contribution in [0, 0.1) is 12.3 Å². The number of rotatable bonds is 1. The van der Waals surface area contributed by atoms with E-state index in [1.54, 1.807) is 0 Å². The summed E-state index contributed by atoms with van der Waals surface area (Å²) >= 11 is 0. The fraction of sp³-hybridized carbons (Fsp3) is 0.286. The number of carboxylic acids is 1. The minimum absolute atomic E-state index is 0.638. The molecule has 0 radical (unpaired) electrons. The Morgan fingerprint density at radius 2 is 1.78 bits per heavy atom. The normalized spacial score (nSPS) is 9.78. The molecule has 0 aliphatic heterocycles. The smallest absolute Gasteiger partial charge is 0.300 e. The molecule has 0 saturated carbocycles. The average Bonchev–Trinajstić information content (AvgIpc) is 2.51. The SMILES string of the molecule is CC(=N)c1c(C)n(C)c2ccccc12.CC(=O)O. The van der Waals surface area contributed by atoms with E-state index in [2.05, 4.69) is 23.6 Å². The second kappa shape index (κ2) is 5.49. The van der Waals surface area contributed by atoms with Gasteiger partial charge in [0.2, 0.25) is 0 Å². The van der Waals surface area contributed by atoms with E-state index in [1.807, 2.05) is 26.1 Å². The van der Waals surface area contributed by atoms with E-state index in [0.29, 0.717) is 5.71 Å². The van der Waals surface area contributed by atoms with Gasteiger partial charge in [-0.2, -0.15) is 0 Å². The summed E-state index contributed by atoms with van der Waals surface area (Å²) in [7, 11) is 2.05. The molecule has 2 aromatic rings. The van der Waals surface area contributed by atoms with Gasteiger partial charge < -0.3 is 15.1 Å². The maximum absolute atomic E-state index is 9.00. The second-order valence-corrected chi connectivity index (χ2v) is 4.18. The van der Waals surface area contributed by atoms with E-state index in [9.17, 15) is 0 Å². The molecule has 0 aliphatic carbocycles. The highest BCUT2D eigenvalue weighted by atomic mass is 16.4. The Morgan fingerprint density at radius 1 is 1.28 bits per heavy atom. The van der Waals surface area contributed by atoms with Crippen molar-refractivity contribution in [1.29, 1.82) is 5.41 Å².